The zero-order valence-electron chi connectivity index (χ0n) is 14.1. The van der Waals surface area contributed by atoms with Gasteiger partial charge in [0, 0.05) is 55.8 Å². The van der Waals surface area contributed by atoms with Gasteiger partial charge in [-0.05, 0) is 20.3 Å². The highest BCUT2D eigenvalue weighted by molar-refractivity contribution is 8.00. The van der Waals surface area contributed by atoms with E-state index in [1.165, 1.54) is 11.3 Å². The third kappa shape index (κ3) is 5.24. The Balaban J connectivity index is 1.69. The van der Waals surface area contributed by atoms with E-state index in [1.807, 2.05) is 30.2 Å². The molecular formula is C15H24N6S2. The zero-order chi connectivity index (χ0) is 16.7. The minimum absolute atomic E-state index is 0.735. The number of rotatable bonds is 7. The third-order valence-electron chi connectivity index (χ3n) is 3.56. The summed E-state index contributed by atoms with van der Waals surface area (Å²) in [6.07, 6.45) is 2.91. The maximum absolute atomic E-state index is 4.43. The monoisotopic (exact) mass is 352 g/mol. The van der Waals surface area contributed by atoms with Crippen molar-refractivity contribution in [3.63, 3.8) is 0 Å². The molecule has 126 valence electrons. The van der Waals surface area contributed by atoms with Gasteiger partial charge >= 0.3 is 0 Å². The van der Waals surface area contributed by atoms with Crippen LogP contribution >= 0.6 is 23.1 Å². The Kier molecular flexibility index (Phi) is 6.91. The molecule has 0 fully saturated rings. The third-order valence-corrected chi connectivity index (χ3v) is 5.62. The average Bonchev–Trinajstić information content (AvgIpc) is 3.13. The van der Waals surface area contributed by atoms with E-state index < -0.39 is 0 Å². The molecule has 0 saturated carbocycles. The van der Waals surface area contributed by atoms with Gasteiger partial charge in [0.1, 0.15) is 4.34 Å². The molecule has 0 radical (unpaired) electrons. The molecule has 0 atom stereocenters. The molecule has 0 aliphatic rings. The molecule has 0 spiro atoms. The lowest BCUT2D eigenvalue weighted by atomic mass is 10.2. The normalized spacial score (nSPS) is 11.7. The second-order valence-corrected chi connectivity index (χ2v) is 7.36. The largest absolute Gasteiger partial charge is 0.356 e. The van der Waals surface area contributed by atoms with Crippen molar-refractivity contribution in [1.29, 1.82) is 0 Å². The summed E-state index contributed by atoms with van der Waals surface area (Å²) in [6.45, 7) is 5.75. The van der Waals surface area contributed by atoms with Gasteiger partial charge in [0.25, 0.3) is 0 Å². The minimum Gasteiger partial charge on any atom is -0.356 e. The summed E-state index contributed by atoms with van der Waals surface area (Å²) in [4.78, 5) is 8.53. The molecule has 0 amide bonds. The number of hydrogen-bond acceptors (Lipinski definition) is 5. The first kappa shape index (κ1) is 17.8. The van der Waals surface area contributed by atoms with E-state index in [2.05, 4.69) is 32.6 Å². The molecule has 2 N–H and O–H groups in total. The highest BCUT2D eigenvalue weighted by Gasteiger charge is 2.09. The fraction of sp³-hybridized carbons (Fsp3) is 0.533. The van der Waals surface area contributed by atoms with Gasteiger partial charge in [-0.2, -0.15) is 5.10 Å². The van der Waals surface area contributed by atoms with Crippen LogP contribution in [0.5, 0.6) is 0 Å². The van der Waals surface area contributed by atoms with Crippen LogP contribution in [0.1, 0.15) is 23.4 Å². The first-order valence-electron chi connectivity index (χ1n) is 7.57. The van der Waals surface area contributed by atoms with Crippen LogP contribution in [0, 0.1) is 13.8 Å². The average molecular weight is 353 g/mol. The molecule has 2 aromatic heterocycles. The van der Waals surface area contributed by atoms with Crippen molar-refractivity contribution in [3.05, 3.63) is 28.5 Å². The van der Waals surface area contributed by atoms with Gasteiger partial charge in [0.2, 0.25) is 0 Å². The molecule has 0 aliphatic heterocycles. The first-order valence-corrected chi connectivity index (χ1v) is 9.44. The van der Waals surface area contributed by atoms with Gasteiger partial charge in [-0.1, -0.05) is 11.8 Å². The SMILES string of the molecule is CN=C(NCCCSc1nccs1)NCc1c(C)nn(C)c1C. The van der Waals surface area contributed by atoms with Crippen molar-refractivity contribution < 1.29 is 0 Å². The van der Waals surface area contributed by atoms with Crippen molar-refractivity contribution in [2.24, 2.45) is 12.0 Å². The van der Waals surface area contributed by atoms with Crippen LogP contribution < -0.4 is 10.6 Å². The molecule has 0 saturated heterocycles. The number of aliphatic imine (C=N–C) groups is 1. The molecule has 6 nitrogen and oxygen atoms in total. The van der Waals surface area contributed by atoms with Gasteiger partial charge in [-0.3, -0.25) is 9.67 Å². The maximum atomic E-state index is 4.43. The number of hydrogen-bond donors (Lipinski definition) is 2. The number of aryl methyl sites for hydroxylation is 2. The fourth-order valence-electron chi connectivity index (χ4n) is 2.19. The van der Waals surface area contributed by atoms with Crippen LogP contribution in [-0.4, -0.2) is 40.1 Å². The Labute approximate surface area is 145 Å². The van der Waals surface area contributed by atoms with Crippen LogP contribution in [0.4, 0.5) is 0 Å². The van der Waals surface area contributed by atoms with Crippen LogP contribution in [-0.2, 0) is 13.6 Å². The van der Waals surface area contributed by atoms with Gasteiger partial charge in [0.15, 0.2) is 5.96 Å². The second kappa shape index (κ2) is 8.93. The van der Waals surface area contributed by atoms with E-state index in [4.69, 9.17) is 0 Å². The molecule has 0 aromatic carbocycles. The minimum atomic E-state index is 0.735. The maximum Gasteiger partial charge on any atom is 0.191 e. The lowest BCUT2D eigenvalue weighted by Crippen LogP contribution is -2.37. The fourth-order valence-corrected chi connectivity index (χ4v) is 3.83. The van der Waals surface area contributed by atoms with Gasteiger partial charge in [-0.25, -0.2) is 4.98 Å². The van der Waals surface area contributed by atoms with E-state index >= 15 is 0 Å². The predicted molar refractivity (Wildman–Crippen MR) is 98.3 cm³/mol. The van der Waals surface area contributed by atoms with Crippen molar-refractivity contribution >= 4 is 29.1 Å². The van der Waals surface area contributed by atoms with Crippen LogP contribution in [0.3, 0.4) is 0 Å². The summed E-state index contributed by atoms with van der Waals surface area (Å²) < 4.78 is 3.05. The second-order valence-electron chi connectivity index (χ2n) is 5.13. The summed E-state index contributed by atoms with van der Waals surface area (Å²) in [5.41, 5.74) is 3.48. The van der Waals surface area contributed by atoms with Crippen LogP contribution in [0.2, 0.25) is 0 Å². The molecule has 0 unspecified atom stereocenters. The summed E-state index contributed by atoms with van der Waals surface area (Å²) >= 11 is 3.49. The summed E-state index contributed by atoms with van der Waals surface area (Å²) in [5.74, 6) is 1.88. The number of aromatic nitrogens is 3. The van der Waals surface area contributed by atoms with Crippen molar-refractivity contribution in [1.82, 2.24) is 25.4 Å². The van der Waals surface area contributed by atoms with Crippen LogP contribution in [0.25, 0.3) is 0 Å². The number of nitrogens with zero attached hydrogens (tertiary/aromatic N) is 4. The Morgan fingerprint density at radius 3 is 2.83 bits per heavy atom. The number of nitrogens with one attached hydrogen (secondary N) is 2. The van der Waals surface area contributed by atoms with E-state index in [-0.39, 0.29) is 0 Å². The van der Waals surface area contributed by atoms with E-state index in [0.29, 0.717) is 0 Å². The van der Waals surface area contributed by atoms with E-state index in [0.717, 1.165) is 41.3 Å². The van der Waals surface area contributed by atoms with Gasteiger partial charge < -0.3 is 10.6 Å². The summed E-state index contributed by atoms with van der Waals surface area (Å²) in [6, 6.07) is 0. The molecule has 0 aliphatic carbocycles. The highest BCUT2D eigenvalue weighted by atomic mass is 32.2. The van der Waals surface area contributed by atoms with E-state index in [9.17, 15) is 0 Å². The summed E-state index contributed by atoms with van der Waals surface area (Å²) in [7, 11) is 3.77. The Morgan fingerprint density at radius 2 is 2.22 bits per heavy atom. The van der Waals surface area contributed by atoms with Crippen LogP contribution in [0.15, 0.2) is 20.9 Å². The number of guanidine groups is 1. The lowest BCUT2D eigenvalue weighted by Gasteiger charge is -2.12. The van der Waals surface area contributed by atoms with Gasteiger partial charge in [0.05, 0.1) is 5.69 Å². The van der Waals surface area contributed by atoms with Crippen molar-refractivity contribution in [2.75, 3.05) is 19.3 Å². The Hall–Kier alpha value is -1.54. The quantitative estimate of drug-likeness (QED) is 0.346. The van der Waals surface area contributed by atoms with Crippen molar-refractivity contribution in [3.8, 4) is 0 Å². The zero-order valence-corrected chi connectivity index (χ0v) is 15.7. The molecule has 2 rings (SSSR count). The van der Waals surface area contributed by atoms with Gasteiger partial charge in [-0.15, -0.1) is 11.3 Å². The summed E-state index contributed by atoms with van der Waals surface area (Å²) in [5, 5.41) is 13.1. The van der Waals surface area contributed by atoms with Crippen molar-refractivity contribution in [2.45, 2.75) is 31.2 Å². The smallest absolute Gasteiger partial charge is 0.191 e. The standard InChI is InChI=1S/C15H24N6S2/c1-11-13(12(2)21(4)20-11)10-19-14(16-3)17-6-5-8-22-15-18-7-9-23-15/h7,9H,5-6,8,10H2,1-4H3,(H2,16,17,19). The lowest BCUT2D eigenvalue weighted by molar-refractivity contribution is 0.728. The first-order chi connectivity index (χ1) is 11.1. The molecule has 8 heteroatoms. The number of thioether (sulfide) groups is 1. The molecule has 23 heavy (non-hydrogen) atoms. The Morgan fingerprint density at radius 1 is 1.39 bits per heavy atom. The predicted octanol–water partition coefficient (Wildman–Crippen LogP) is 2.34. The molecule has 0 bridgehead atoms. The molecule has 2 aromatic rings. The number of thiazole rings is 1. The molecular weight excluding hydrogens is 328 g/mol. The Bertz CT molecular complexity index is 633. The molecule has 2 heterocycles. The van der Waals surface area contributed by atoms with E-state index in [1.54, 1.807) is 30.1 Å². The topological polar surface area (TPSA) is 67.1 Å². The highest BCUT2D eigenvalue weighted by Crippen LogP contribution is 2.20.